The quantitative estimate of drug-likeness (QED) is 0.634. The van der Waals surface area contributed by atoms with E-state index in [0.717, 1.165) is 36.8 Å². The van der Waals surface area contributed by atoms with E-state index in [2.05, 4.69) is 10.6 Å². The average molecular weight is 300 g/mol. The second-order valence-electron chi connectivity index (χ2n) is 6.19. The highest BCUT2D eigenvalue weighted by Gasteiger charge is 2.29. The van der Waals surface area contributed by atoms with Gasteiger partial charge in [-0.3, -0.25) is 14.9 Å². The molecular formula is C17H20N2O3. The molecule has 2 amide bonds. The molecule has 2 aliphatic rings. The second kappa shape index (κ2) is 6.40. The fourth-order valence-electron chi connectivity index (χ4n) is 3.13. The Kier molecular flexibility index (Phi) is 4.34. The van der Waals surface area contributed by atoms with Crippen molar-refractivity contribution in [1.82, 2.24) is 10.6 Å². The lowest BCUT2D eigenvalue weighted by Gasteiger charge is -2.32. The summed E-state index contributed by atoms with van der Waals surface area (Å²) in [5, 5.41) is 5.84. The summed E-state index contributed by atoms with van der Waals surface area (Å²) in [6.07, 6.45) is 3.83. The molecule has 1 unspecified atom stereocenters. The Morgan fingerprint density at radius 2 is 2.09 bits per heavy atom. The van der Waals surface area contributed by atoms with E-state index in [9.17, 15) is 14.4 Å². The lowest BCUT2D eigenvalue weighted by atomic mass is 9.81. The molecule has 1 saturated heterocycles. The molecule has 1 aliphatic carbocycles. The van der Waals surface area contributed by atoms with Gasteiger partial charge in [-0.15, -0.1) is 0 Å². The van der Waals surface area contributed by atoms with Crippen LogP contribution in [-0.4, -0.2) is 24.1 Å². The van der Waals surface area contributed by atoms with Crippen LogP contribution in [-0.2, 0) is 20.9 Å². The van der Waals surface area contributed by atoms with Gasteiger partial charge in [0.15, 0.2) is 0 Å². The molecule has 1 aromatic carbocycles. The first kappa shape index (κ1) is 14.9. The van der Waals surface area contributed by atoms with Crippen molar-refractivity contribution in [2.75, 3.05) is 0 Å². The number of rotatable bonds is 5. The van der Waals surface area contributed by atoms with Crippen LogP contribution >= 0.6 is 0 Å². The standard InChI is InChI=1S/C17H20N2O3/c20-10-12-7-14(8-12)18-9-11-2-1-3-13(6-11)15-4-5-16(21)19-17(15)22/h1-3,6,10,12,14-15,18H,4-5,7-9H2,(H,19,21,22). The Hall–Kier alpha value is -2.01. The molecule has 0 aromatic heterocycles. The number of benzene rings is 1. The topological polar surface area (TPSA) is 75.3 Å². The predicted molar refractivity (Wildman–Crippen MR) is 81.0 cm³/mol. The van der Waals surface area contributed by atoms with E-state index >= 15 is 0 Å². The summed E-state index contributed by atoms with van der Waals surface area (Å²) in [5.41, 5.74) is 2.08. The Labute approximate surface area is 129 Å². The molecule has 2 fully saturated rings. The third kappa shape index (κ3) is 3.25. The molecule has 1 aromatic rings. The first-order valence-corrected chi connectivity index (χ1v) is 7.77. The van der Waals surface area contributed by atoms with E-state index in [1.807, 2.05) is 24.3 Å². The van der Waals surface area contributed by atoms with Crippen molar-refractivity contribution in [3.05, 3.63) is 35.4 Å². The second-order valence-corrected chi connectivity index (χ2v) is 6.19. The molecule has 2 N–H and O–H groups in total. The van der Waals surface area contributed by atoms with E-state index in [1.54, 1.807) is 0 Å². The van der Waals surface area contributed by atoms with Gasteiger partial charge in [0.2, 0.25) is 11.8 Å². The maximum Gasteiger partial charge on any atom is 0.234 e. The fourth-order valence-corrected chi connectivity index (χ4v) is 3.13. The van der Waals surface area contributed by atoms with Crippen LogP contribution in [0.1, 0.15) is 42.7 Å². The summed E-state index contributed by atoms with van der Waals surface area (Å²) in [7, 11) is 0. The van der Waals surface area contributed by atoms with E-state index in [1.165, 1.54) is 0 Å². The Balaban J connectivity index is 1.59. The Bertz CT molecular complexity index is 593. The van der Waals surface area contributed by atoms with Crippen LogP contribution < -0.4 is 10.6 Å². The number of carbonyl (C=O) groups excluding carboxylic acids is 3. The Morgan fingerprint density at radius 1 is 1.27 bits per heavy atom. The van der Waals surface area contributed by atoms with Crippen molar-refractivity contribution < 1.29 is 14.4 Å². The summed E-state index contributed by atoms with van der Waals surface area (Å²) >= 11 is 0. The number of aldehydes is 1. The van der Waals surface area contributed by atoms with E-state index in [4.69, 9.17) is 0 Å². The highest BCUT2D eigenvalue weighted by Crippen LogP contribution is 2.27. The van der Waals surface area contributed by atoms with Crippen LogP contribution in [0.2, 0.25) is 0 Å². The molecule has 1 saturated carbocycles. The van der Waals surface area contributed by atoms with E-state index in [0.29, 0.717) is 18.9 Å². The van der Waals surface area contributed by atoms with Crippen LogP contribution in [0.5, 0.6) is 0 Å². The van der Waals surface area contributed by atoms with Crippen LogP contribution in [0.3, 0.4) is 0 Å². The number of carbonyl (C=O) groups is 3. The van der Waals surface area contributed by atoms with Gasteiger partial charge in [0, 0.05) is 24.9 Å². The van der Waals surface area contributed by atoms with Crippen LogP contribution in [0.4, 0.5) is 0 Å². The summed E-state index contributed by atoms with van der Waals surface area (Å²) in [4.78, 5) is 33.7. The van der Waals surface area contributed by atoms with Crippen molar-refractivity contribution in [1.29, 1.82) is 0 Å². The number of nitrogens with one attached hydrogen (secondary N) is 2. The third-order valence-corrected chi connectivity index (χ3v) is 4.55. The monoisotopic (exact) mass is 300 g/mol. The van der Waals surface area contributed by atoms with E-state index < -0.39 is 0 Å². The predicted octanol–water partition coefficient (Wildman–Crippen LogP) is 1.27. The number of amides is 2. The minimum absolute atomic E-state index is 0.186. The fraction of sp³-hybridized carbons (Fsp3) is 0.471. The molecule has 0 spiro atoms. The van der Waals surface area contributed by atoms with Gasteiger partial charge in [0.1, 0.15) is 6.29 Å². The first-order chi connectivity index (χ1) is 10.7. The number of hydrogen-bond donors (Lipinski definition) is 2. The number of hydrogen-bond acceptors (Lipinski definition) is 4. The van der Waals surface area contributed by atoms with Crippen molar-refractivity contribution in [3.63, 3.8) is 0 Å². The van der Waals surface area contributed by atoms with Crippen LogP contribution in [0, 0.1) is 5.92 Å². The zero-order valence-electron chi connectivity index (χ0n) is 12.4. The van der Waals surface area contributed by atoms with Crippen LogP contribution in [0.25, 0.3) is 0 Å². The molecule has 5 nitrogen and oxygen atoms in total. The summed E-state index contributed by atoms with van der Waals surface area (Å²) in [6, 6.07) is 8.36. The third-order valence-electron chi connectivity index (χ3n) is 4.55. The minimum atomic E-state index is -0.235. The van der Waals surface area contributed by atoms with Gasteiger partial charge in [-0.25, -0.2) is 0 Å². The molecule has 0 bridgehead atoms. The lowest BCUT2D eigenvalue weighted by Crippen LogP contribution is -2.41. The number of imide groups is 1. The molecule has 22 heavy (non-hydrogen) atoms. The maximum atomic E-state index is 11.9. The highest BCUT2D eigenvalue weighted by atomic mass is 16.2. The molecule has 0 radical (unpaired) electrons. The van der Waals surface area contributed by atoms with Gasteiger partial charge < -0.3 is 10.1 Å². The molecule has 1 atom stereocenters. The smallest absolute Gasteiger partial charge is 0.234 e. The molecule has 1 aliphatic heterocycles. The average Bonchev–Trinajstić information content (AvgIpc) is 2.46. The van der Waals surface area contributed by atoms with Gasteiger partial charge in [-0.05, 0) is 30.4 Å². The number of piperidine rings is 1. The van der Waals surface area contributed by atoms with Crippen molar-refractivity contribution in [3.8, 4) is 0 Å². The molecule has 1 heterocycles. The molecule has 3 rings (SSSR count). The molecular weight excluding hydrogens is 280 g/mol. The first-order valence-electron chi connectivity index (χ1n) is 7.77. The van der Waals surface area contributed by atoms with Crippen LogP contribution in [0.15, 0.2) is 24.3 Å². The van der Waals surface area contributed by atoms with Gasteiger partial charge >= 0.3 is 0 Å². The minimum Gasteiger partial charge on any atom is -0.310 e. The SMILES string of the molecule is O=CC1CC(NCc2cccc(C3CCC(=O)NC3=O)c2)C1. The van der Waals surface area contributed by atoms with Crippen molar-refractivity contribution in [2.45, 2.75) is 44.2 Å². The van der Waals surface area contributed by atoms with Gasteiger partial charge in [-0.1, -0.05) is 24.3 Å². The van der Waals surface area contributed by atoms with Gasteiger partial charge in [-0.2, -0.15) is 0 Å². The molecule has 5 heteroatoms. The molecule has 116 valence electrons. The van der Waals surface area contributed by atoms with Gasteiger partial charge in [0.05, 0.1) is 5.92 Å². The highest BCUT2D eigenvalue weighted by molar-refractivity contribution is 6.00. The summed E-state index contributed by atoms with van der Waals surface area (Å²) < 4.78 is 0. The maximum absolute atomic E-state index is 11.9. The van der Waals surface area contributed by atoms with E-state index in [-0.39, 0.29) is 23.7 Å². The summed E-state index contributed by atoms with van der Waals surface area (Å²) in [5.74, 6) is -0.406. The largest absolute Gasteiger partial charge is 0.310 e. The zero-order chi connectivity index (χ0) is 15.5. The lowest BCUT2D eigenvalue weighted by molar-refractivity contribution is -0.134. The zero-order valence-corrected chi connectivity index (χ0v) is 12.4. The van der Waals surface area contributed by atoms with Crippen molar-refractivity contribution >= 4 is 18.1 Å². The van der Waals surface area contributed by atoms with Gasteiger partial charge in [0.25, 0.3) is 0 Å². The Morgan fingerprint density at radius 3 is 2.82 bits per heavy atom. The van der Waals surface area contributed by atoms with Crippen molar-refractivity contribution in [2.24, 2.45) is 5.92 Å². The summed E-state index contributed by atoms with van der Waals surface area (Å²) in [6.45, 7) is 0.733. The normalized spacial score (nSPS) is 27.9.